The highest BCUT2D eigenvalue weighted by Crippen LogP contribution is 2.31. The van der Waals surface area contributed by atoms with E-state index in [4.69, 9.17) is 9.29 Å². The number of carbonyl (C=O) groups is 1. The molecule has 0 aromatic heterocycles. The van der Waals surface area contributed by atoms with E-state index >= 15 is 0 Å². The van der Waals surface area contributed by atoms with Gasteiger partial charge in [0.25, 0.3) is 0 Å². The van der Waals surface area contributed by atoms with Crippen LogP contribution in [0.25, 0.3) is 0 Å². The summed E-state index contributed by atoms with van der Waals surface area (Å²) in [5.74, 6) is -1.76. The molecule has 0 fully saturated rings. The second kappa shape index (κ2) is 4.75. The first-order valence-corrected chi connectivity index (χ1v) is 6.76. The van der Waals surface area contributed by atoms with Gasteiger partial charge >= 0.3 is 16.1 Å². The lowest BCUT2D eigenvalue weighted by atomic mass is 9.98. The number of aryl methyl sites for hydroxylation is 1. The van der Waals surface area contributed by atoms with E-state index in [1.54, 1.807) is 25.1 Å². The minimum absolute atomic E-state index is 0.102. The molecule has 1 rings (SSSR count). The Labute approximate surface area is 100 Å². The van der Waals surface area contributed by atoms with Crippen LogP contribution in [0.3, 0.4) is 0 Å². The van der Waals surface area contributed by atoms with Crippen LogP contribution in [-0.4, -0.2) is 25.7 Å². The molecule has 0 saturated carbocycles. The fraction of sp³-hybridized carbons (Fsp3) is 0.364. The smallest absolute Gasteiger partial charge is 0.310 e. The number of benzene rings is 1. The molecule has 1 atom stereocenters. The molecule has 0 aliphatic heterocycles. The summed E-state index contributed by atoms with van der Waals surface area (Å²) in [6.45, 7) is 3.14. The van der Waals surface area contributed by atoms with Crippen molar-refractivity contribution in [2.45, 2.75) is 19.8 Å². The fourth-order valence-corrected chi connectivity index (χ4v) is 1.94. The molecule has 94 valence electrons. The van der Waals surface area contributed by atoms with Gasteiger partial charge in [-0.1, -0.05) is 18.2 Å². The van der Waals surface area contributed by atoms with E-state index in [9.17, 15) is 13.2 Å². The van der Waals surface area contributed by atoms with Crippen molar-refractivity contribution >= 4 is 16.1 Å². The maximum absolute atomic E-state index is 11.1. The van der Waals surface area contributed by atoms with Gasteiger partial charge in [-0.05, 0) is 19.4 Å². The minimum atomic E-state index is -3.67. The molecule has 17 heavy (non-hydrogen) atoms. The molecule has 1 N–H and O–H groups in total. The van der Waals surface area contributed by atoms with Crippen molar-refractivity contribution in [1.82, 2.24) is 0 Å². The monoisotopic (exact) mass is 258 g/mol. The number of carboxylic acids is 1. The van der Waals surface area contributed by atoms with Gasteiger partial charge < -0.3 is 9.29 Å². The molecule has 5 nitrogen and oxygen atoms in total. The van der Waals surface area contributed by atoms with Crippen LogP contribution in [0.15, 0.2) is 18.2 Å². The van der Waals surface area contributed by atoms with Crippen molar-refractivity contribution in [3.63, 3.8) is 0 Å². The Bertz CT molecular complexity index is 533. The largest absolute Gasteiger partial charge is 0.481 e. The van der Waals surface area contributed by atoms with Gasteiger partial charge in [-0.2, -0.15) is 8.42 Å². The zero-order valence-corrected chi connectivity index (χ0v) is 10.6. The third kappa shape index (κ3) is 3.45. The molecule has 0 radical (unpaired) electrons. The van der Waals surface area contributed by atoms with E-state index in [1.165, 1.54) is 6.92 Å². The molecule has 0 bridgehead atoms. The second-order valence-corrected chi connectivity index (χ2v) is 5.42. The number of para-hydroxylation sites is 1. The predicted octanol–water partition coefficient (Wildman–Crippen LogP) is 1.52. The van der Waals surface area contributed by atoms with Crippen LogP contribution in [0.1, 0.15) is 24.0 Å². The summed E-state index contributed by atoms with van der Waals surface area (Å²) < 4.78 is 27.1. The summed E-state index contributed by atoms with van der Waals surface area (Å²) >= 11 is 0. The van der Waals surface area contributed by atoms with Crippen LogP contribution in [0.5, 0.6) is 5.75 Å². The average Bonchev–Trinajstić information content (AvgIpc) is 2.18. The highest BCUT2D eigenvalue weighted by atomic mass is 32.2. The molecule has 0 amide bonds. The predicted molar refractivity (Wildman–Crippen MR) is 62.7 cm³/mol. The third-order valence-corrected chi connectivity index (χ3v) is 2.78. The quantitative estimate of drug-likeness (QED) is 0.828. The number of carboxylic acid groups (broad SMARTS) is 1. The number of aliphatic carboxylic acids is 1. The van der Waals surface area contributed by atoms with E-state index in [-0.39, 0.29) is 5.75 Å². The number of hydrogen-bond acceptors (Lipinski definition) is 4. The lowest BCUT2D eigenvalue weighted by molar-refractivity contribution is -0.138. The van der Waals surface area contributed by atoms with Gasteiger partial charge in [-0.3, -0.25) is 4.79 Å². The standard InChI is InChI=1S/C11H14O5S/c1-7-5-4-6-9(8(2)11(12)13)10(7)16-17(3,14)15/h4-6,8H,1-3H3,(H,12,13). The molecule has 0 saturated heterocycles. The molecule has 0 aliphatic rings. The molecule has 0 heterocycles. The van der Waals surface area contributed by atoms with E-state index in [1.807, 2.05) is 0 Å². The van der Waals surface area contributed by atoms with Crippen molar-refractivity contribution in [3.05, 3.63) is 29.3 Å². The lowest BCUT2D eigenvalue weighted by Gasteiger charge is -2.14. The van der Waals surface area contributed by atoms with Crippen LogP contribution in [0, 0.1) is 6.92 Å². The van der Waals surface area contributed by atoms with E-state index in [0.717, 1.165) is 6.26 Å². The Morgan fingerprint density at radius 3 is 2.47 bits per heavy atom. The number of rotatable bonds is 4. The summed E-state index contributed by atoms with van der Waals surface area (Å²) in [6, 6.07) is 4.88. The first kappa shape index (κ1) is 13.5. The Kier molecular flexibility index (Phi) is 3.77. The van der Waals surface area contributed by atoms with Crippen molar-refractivity contribution in [2.75, 3.05) is 6.26 Å². The first-order valence-electron chi connectivity index (χ1n) is 4.94. The van der Waals surface area contributed by atoms with Crippen molar-refractivity contribution < 1.29 is 22.5 Å². The fourth-order valence-electron chi connectivity index (χ4n) is 1.41. The zero-order chi connectivity index (χ0) is 13.2. The van der Waals surface area contributed by atoms with Gasteiger partial charge in [0.15, 0.2) is 0 Å². The molecule has 1 aromatic carbocycles. The summed E-state index contributed by atoms with van der Waals surface area (Å²) in [5, 5.41) is 8.94. The van der Waals surface area contributed by atoms with Gasteiger partial charge in [-0.15, -0.1) is 0 Å². The lowest BCUT2D eigenvalue weighted by Crippen LogP contribution is -2.13. The van der Waals surface area contributed by atoms with Crippen LogP contribution in [-0.2, 0) is 14.9 Å². The number of hydrogen-bond donors (Lipinski definition) is 1. The van der Waals surface area contributed by atoms with Gasteiger partial charge in [0, 0.05) is 5.56 Å². The Balaban J connectivity index is 3.31. The van der Waals surface area contributed by atoms with E-state index in [0.29, 0.717) is 11.1 Å². The maximum atomic E-state index is 11.1. The maximum Gasteiger partial charge on any atom is 0.310 e. The molecule has 1 aromatic rings. The summed E-state index contributed by atoms with van der Waals surface area (Å²) in [5.41, 5.74) is 0.934. The van der Waals surface area contributed by atoms with Gasteiger partial charge in [0.2, 0.25) is 0 Å². The van der Waals surface area contributed by atoms with E-state index in [2.05, 4.69) is 0 Å². The van der Waals surface area contributed by atoms with Crippen LogP contribution in [0.4, 0.5) is 0 Å². The van der Waals surface area contributed by atoms with E-state index < -0.39 is 22.0 Å². The van der Waals surface area contributed by atoms with Gasteiger partial charge in [-0.25, -0.2) is 0 Å². The molecular formula is C11H14O5S. The molecular weight excluding hydrogens is 244 g/mol. The highest BCUT2D eigenvalue weighted by molar-refractivity contribution is 7.86. The third-order valence-electron chi connectivity index (χ3n) is 2.31. The van der Waals surface area contributed by atoms with Crippen LogP contribution >= 0.6 is 0 Å². The van der Waals surface area contributed by atoms with Crippen molar-refractivity contribution in [2.24, 2.45) is 0 Å². The first-order chi connectivity index (χ1) is 7.72. The Hall–Kier alpha value is -1.56. The van der Waals surface area contributed by atoms with Crippen molar-refractivity contribution in [3.8, 4) is 5.75 Å². The minimum Gasteiger partial charge on any atom is -0.481 e. The second-order valence-electron chi connectivity index (χ2n) is 3.84. The molecule has 0 aliphatic carbocycles. The van der Waals surface area contributed by atoms with Crippen molar-refractivity contribution in [1.29, 1.82) is 0 Å². The summed E-state index contributed by atoms with van der Waals surface area (Å²) in [6.07, 6.45) is 0.925. The normalized spacial score (nSPS) is 13.1. The summed E-state index contributed by atoms with van der Waals surface area (Å²) in [4.78, 5) is 10.9. The topological polar surface area (TPSA) is 80.7 Å². The Morgan fingerprint density at radius 1 is 1.41 bits per heavy atom. The highest BCUT2D eigenvalue weighted by Gasteiger charge is 2.21. The molecule has 1 unspecified atom stereocenters. The average molecular weight is 258 g/mol. The molecule has 6 heteroatoms. The summed E-state index contributed by atoms with van der Waals surface area (Å²) in [7, 11) is -3.67. The van der Waals surface area contributed by atoms with Gasteiger partial charge in [0.1, 0.15) is 5.75 Å². The zero-order valence-electron chi connectivity index (χ0n) is 9.80. The van der Waals surface area contributed by atoms with Gasteiger partial charge in [0.05, 0.1) is 12.2 Å². The van der Waals surface area contributed by atoms with Crippen LogP contribution < -0.4 is 4.18 Å². The molecule has 0 spiro atoms. The SMILES string of the molecule is Cc1cccc(C(C)C(=O)O)c1OS(C)(=O)=O. The Morgan fingerprint density at radius 2 is 2.00 bits per heavy atom. The van der Waals surface area contributed by atoms with Crippen LogP contribution in [0.2, 0.25) is 0 Å².